The molecule has 0 aromatic carbocycles. The van der Waals surface area contributed by atoms with E-state index in [2.05, 4.69) is 38.1 Å². The molecular weight excluding hydrogens is 1100 g/mol. The van der Waals surface area contributed by atoms with Crippen LogP contribution in [-0.4, -0.2) is 204 Å². The third-order valence-corrected chi connectivity index (χ3v) is 21.1. The lowest BCUT2D eigenvalue weighted by molar-refractivity contribution is -0.369. The number of hydrogen-bond acceptors (Lipinski definition) is 20. The summed E-state index contributed by atoms with van der Waals surface area (Å²) < 4.78 is 151. The van der Waals surface area contributed by atoms with Gasteiger partial charge in [0, 0.05) is 44.9 Å². The zero-order valence-corrected chi connectivity index (χ0v) is 48.7. The number of aliphatic carboxylic acids is 1. The Morgan fingerprint density at radius 2 is 1.28 bits per heavy atom. The van der Waals surface area contributed by atoms with E-state index in [4.69, 9.17) is 60.8 Å². The monoisotopic (exact) mass is 1190 g/mol. The molecule has 11 fully saturated rings. The summed E-state index contributed by atoms with van der Waals surface area (Å²) in [5.74, 6) is -1.85. The molecule has 11 aliphatic heterocycles. The van der Waals surface area contributed by atoms with Gasteiger partial charge in [0.05, 0.1) is 127 Å². The Hall–Kier alpha value is -2.09. The zero-order chi connectivity index (χ0) is 58.0. The number of carboxylic acids is 1. The third-order valence-electron chi connectivity index (χ3n) is 20.2. The Morgan fingerprint density at radius 3 is 1.93 bits per heavy atom. The van der Waals surface area contributed by atoms with E-state index in [1.165, 1.54) is 18.2 Å². The van der Waals surface area contributed by atoms with Gasteiger partial charge in [-0.15, -0.1) is 6.58 Å². The van der Waals surface area contributed by atoms with E-state index >= 15 is 0 Å². The van der Waals surface area contributed by atoms with Gasteiger partial charge >= 0.3 is 26.8 Å². The van der Waals surface area contributed by atoms with Crippen molar-refractivity contribution >= 4 is 26.8 Å². The van der Waals surface area contributed by atoms with Crippen molar-refractivity contribution in [1.29, 1.82) is 0 Å². The van der Waals surface area contributed by atoms with Crippen molar-refractivity contribution in [2.45, 2.75) is 288 Å². The van der Waals surface area contributed by atoms with Gasteiger partial charge in [0.25, 0.3) is 0 Å². The number of ether oxygens (including phenoxy) is 11. The summed E-state index contributed by atoms with van der Waals surface area (Å²) >= 11 is 0. The molecule has 20 unspecified atom stereocenters. The van der Waals surface area contributed by atoms with Crippen LogP contribution in [0.2, 0.25) is 0 Å². The summed E-state index contributed by atoms with van der Waals surface area (Å²) in [4.78, 5) is 11.9. The zero-order valence-electron chi connectivity index (χ0n) is 47.1. The highest BCUT2D eigenvalue weighted by atomic mass is 32.3. The Morgan fingerprint density at radius 1 is 0.716 bits per heavy atom. The maximum absolute atomic E-state index is 12.3. The van der Waals surface area contributed by atoms with Gasteiger partial charge < -0.3 is 67.4 Å². The standard InChI is InChI=1S/C56H84O23S2/c1-9-11-30(51(58)59)13-16-52(4,60)50-29(3)20-39-38(74-50)26-46-56(8,77-39)49(57)48-42(73-46)24-41-47(75-48)28(2)12-17-54(6)44(72-41)27-43-55(7,79-54)18-14-31-32(71-43)21-34-33(68-31)22-35-36(69-34)23-40-37(70-35)25-45(78-81(64,65)66)53(5,76-40)15-10-19-67-80(61,62)63/h9,13,16,28,30-50,57,60H,1,3,10-12,14-15,17-27H2,2,4-8H3,(H,58,59)(H,61,62,63)(H,64,65,66)/b16-13+/t28-,30-,31?,32?,33?,34?,35?,36?,37?,38?,39?,40?,41?,42?,43?,44?,45?,46?,47?,48?,49?,50?,52+,53+,54-,55+,56-/m0/s1. The van der Waals surface area contributed by atoms with E-state index in [1.807, 2.05) is 6.92 Å². The van der Waals surface area contributed by atoms with Crippen LogP contribution in [0.1, 0.15) is 138 Å². The molecule has 5 N–H and O–H groups in total. The second-order valence-corrected chi connectivity index (χ2v) is 28.4. The highest BCUT2D eigenvalue weighted by molar-refractivity contribution is 7.81. The number of hydrogen-bond donors (Lipinski definition) is 5. The summed E-state index contributed by atoms with van der Waals surface area (Å²) in [6.45, 7) is 19.0. The summed E-state index contributed by atoms with van der Waals surface area (Å²) in [5, 5.41) is 33.7. The van der Waals surface area contributed by atoms with Gasteiger partial charge in [0.15, 0.2) is 0 Å². The number of allylic oxidation sites excluding steroid dienone is 1. The van der Waals surface area contributed by atoms with Crippen LogP contribution in [0, 0.1) is 11.8 Å². The minimum atomic E-state index is -4.91. The lowest BCUT2D eigenvalue weighted by Crippen LogP contribution is -2.74. The van der Waals surface area contributed by atoms with E-state index in [1.54, 1.807) is 13.8 Å². The number of fused-ring (bicyclic) bond motifs is 10. The molecular formula is C56H84O23S2. The molecule has 11 heterocycles. The lowest BCUT2D eigenvalue weighted by Gasteiger charge is -2.61. The van der Waals surface area contributed by atoms with Crippen LogP contribution in [0.4, 0.5) is 0 Å². The molecule has 81 heavy (non-hydrogen) atoms. The molecule has 11 aliphatic rings. The Kier molecular flexibility index (Phi) is 16.6. The Balaban J connectivity index is 0.743. The van der Waals surface area contributed by atoms with Crippen LogP contribution in [-0.2, 0) is 86.1 Å². The topological polar surface area (TPSA) is 306 Å². The van der Waals surface area contributed by atoms with Gasteiger partial charge in [-0.05, 0) is 97.5 Å². The first kappa shape index (κ1) is 60.6. The maximum Gasteiger partial charge on any atom is 0.397 e. The molecule has 0 aromatic rings. The van der Waals surface area contributed by atoms with Gasteiger partial charge in [-0.2, -0.15) is 16.8 Å². The van der Waals surface area contributed by atoms with Crippen LogP contribution >= 0.6 is 0 Å². The fourth-order valence-electron chi connectivity index (χ4n) is 15.7. The largest absolute Gasteiger partial charge is 0.481 e. The number of carboxylic acid groups (broad SMARTS) is 1. The van der Waals surface area contributed by atoms with E-state index in [0.29, 0.717) is 69.8 Å². The van der Waals surface area contributed by atoms with Gasteiger partial charge in [-0.3, -0.25) is 13.9 Å². The van der Waals surface area contributed by atoms with Crippen molar-refractivity contribution < 1.29 is 107 Å². The molecule has 0 saturated carbocycles. The summed E-state index contributed by atoms with van der Waals surface area (Å²) in [7, 11) is -9.61. The molecule has 0 aromatic heterocycles. The Bertz CT molecular complexity index is 2620. The van der Waals surface area contributed by atoms with Gasteiger partial charge in [-0.25, -0.2) is 8.37 Å². The van der Waals surface area contributed by atoms with E-state index in [0.717, 1.165) is 6.42 Å². The second kappa shape index (κ2) is 22.3. The smallest absolute Gasteiger partial charge is 0.397 e. The van der Waals surface area contributed by atoms with Crippen molar-refractivity contribution in [2.75, 3.05) is 6.61 Å². The molecule has 27 atom stereocenters. The van der Waals surface area contributed by atoms with Crippen molar-refractivity contribution in [1.82, 2.24) is 0 Å². The van der Waals surface area contributed by atoms with Gasteiger partial charge in [-0.1, -0.05) is 31.7 Å². The molecule has 0 radical (unpaired) electrons. The van der Waals surface area contributed by atoms with Crippen molar-refractivity contribution in [3.05, 3.63) is 37.0 Å². The molecule has 0 amide bonds. The second-order valence-electron chi connectivity index (χ2n) is 26.2. The predicted octanol–water partition coefficient (Wildman–Crippen LogP) is 4.59. The summed E-state index contributed by atoms with van der Waals surface area (Å²) in [5.41, 5.74) is -4.80. The van der Waals surface area contributed by atoms with Gasteiger partial charge in [0.2, 0.25) is 0 Å². The van der Waals surface area contributed by atoms with Crippen molar-refractivity contribution in [3.8, 4) is 0 Å². The minimum Gasteiger partial charge on any atom is -0.481 e. The average Bonchev–Trinajstić information content (AvgIpc) is 3.75. The molecule has 23 nitrogen and oxygen atoms in total. The average molecular weight is 1190 g/mol. The highest BCUT2D eigenvalue weighted by Crippen LogP contribution is 2.54. The van der Waals surface area contributed by atoms with Crippen molar-refractivity contribution in [2.24, 2.45) is 11.8 Å². The van der Waals surface area contributed by atoms with E-state index < -0.39 is 140 Å². The SMILES string of the molecule is C=CC[C@@H](/C=C/[C@@](C)(O)C1OC2CC3OC4CC5OC6CC7OC8CC9OC%10CC%11O[C@](C)(CCCOS(=O)(=O)O)C(OS(=O)(=O)O)CC%11OC%10CC9OC8CC[C@@]7(C)O[C@@]6(C)CC[C@H](C)C5OC4C(O)[C@@]3(C)OC2CC1=C)C(=O)O. The first-order chi connectivity index (χ1) is 37.9. The fraction of sp³-hybridized carbons (Fsp3) is 0.875. The van der Waals surface area contributed by atoms with E-state index in [-0.39, 0.29) is 80.9 Å². The summed E-state index contributed by atoms with van der Waals surface area (Å²) in [6, 6.07) is 0. The van der Waals surface area contributed by atoms with E-state index in [9.17, 15) is 41.5 Å². The maximum atomic E-state index is 12.3. The Labute approximate surface area is 474 Å². The number of aliphatic hydroxyl groups excluding tert-OH is 1. The molecule has 11 saturated heterocycles. The molecule has 25 heteroatoms. The van der Waals surface area contributed by atoms with Crippen LogP contribution in [0.15, 0.2) is 37.0 Å². The molecule has 458 valence electrons. The summed E-state index contributed by atoms with van der Waals surface area (Å²) in [6.07, 6.45) is 0.215. The third kappa shape index (κ3) is 12.1. The number of rotatable bonds is 13. The predicted molar refractivity (Wildman–Crippen MR) is 282 cm³/mol. The van der Waals surface area contributed by atoms with Crippen molar-refractivity contribution in [3.63, 3.8) is 0 Å². The fourth-order valence-corrected chi connectivity index (χ4v) is 16.6. The minimum absolute atomic E-state index is 0.0402. The normalized spacial score (nSPS) is 50.0. The van der Waals surface area contributed by atoms with Crippen LogP contribution in [0.25, 0.3) is 0 Å². The number of aliphatic hydroxyl groups is 2. The lowest BCUT2D eigenvalue weighted by atomic mass is 9.73. The molecule has 0 bridgehead atoms. The van der Waals surface area contributed by atoms with Crippen LogP contribution < -0.4 is 0 Å². The molecule has 11 rings (SSSR count). The highest BCUT2D eigenvalue weighted by Gasteiger charge is 2.65. The van der Waals surface area contributed by atoms with Crippen LogP contribution in [0.3, 0.4) is 0 Å². The van der Waals surface area contributed by atoms with Gasteiger partial charge in [0.1, 0.15) is 35.6 Å². The van der Waals surface area contributed by atoms with Crippen LogP contribution in [0.5, 0.6) is 0 Å². The quantitative estimate of drug-likeness (QED) is 0.0956. The molecule has 0 spiro atoms. The number of carbonyl (C=O) groups is 1. The first-order valence-electron chi connectivity index (χ1n) is 29.1. The first-order valence-corrected chi connectivity index (χ1v) is 31.9. The molecule has 0 aliphatic carbocycles.